The van der Waals surface area contributed by atoms with Crippen molar-refractivity contribution in [3.63, 3.8) is 0 Å². The Balaban J connectivity index is 1.56. The lowest BCUT2D eigenvalue weighted by atomic mass is 9.76. The van der Waals surface area contributed by atoms with Crippen LogP contribution < -0.4 is 5.32 Å². The Morgan fingerprint density at radius 1 is 1.13 bits per heavy atom. The fourth-order valence-corrected chi connectivity index (χ4v) is 4.73. The van der Waals surface area contributed by atoms with Crippen LogP contribution in [0, 0.1) is 12.3 Å². The Morgan fingerprint density at radius 2 is 1.81 bits per heavy atom. The van der Waals surface area contributed by atoms with Gasteiger partial charge in [-0.1, -0.05) is 44.2 Å². The lowest BCUT2D eigenvalue weighted by molar-refractivity contribution is 0.0864. The number of benzene rings is 1. The van der Waals surface area contributed by atoms with Gasteiger partial charge in [-0.05, 0) is 24.9 Å². The first-order chi connectivity index (χ1) is 14.7. The number of Topliss-reactive ketones (excluding diaryl/α,β-unsaturated/α-hetero) is 1. The number of hydrogen-bond donors (Lipinski definition) is 1. The topological polar surface area (TPSA) is 65.8 Å². The lowest BCUT2D eigenvalue weighted by Crippen LogP contribution is -2.47. The third-order valence-corrected chi connectivity index (χ3v) is 6.53. The summed E-state index contributed by atoms with van der Waals surface area (Å²) in [6.07, 6.45) is 1.16. The van der Waals surface area contributed by atoms with Crippen LogP contribution in [0.3, 0.4) is 0 Å². The number of carbonyl (C=O) groups is 2. The highest BCUT2D eigenvalue weighted by Gasteiger charge is 2.37. The maximum atomic E-state index is 13.3. The van der Waals surface area contributed by atoms with E-state index >= 15 is 0 Å². The summed E-state index contributed by atoms with van der Waals surface area (Å²) in [6.45, 7) is 10.7. The van der Waals surface area contributed by atoms with Crippen LogP contribution >= 0.6 is 0 Å². The first kappa shape index (κ1) is 21.8. The van der Waals surface area contributed by atoms with Crippen molar-refractivity contribution >= 4 is 11.7 Å². The van der Waals surface area contributed by atoms with Crippen molar-refractivity contribution in [2.24, 2.45) is 5.41 Å². The highest BCUT2D eigenvalue weighted by Crippen LogP contribution is 2.38. The number of amides is 1. The molecule has 1 fully saturated rings. The number of ketones is 1. The SMILES string of the molecule is Cc1c(C(=O)NC(CN2CCN(C)CC2)c2ccccc2)oc2c1C(=O)CC(C)(C)C2. The molecule has 0 bridgehead atoms. The predicted molar refractivity (Wildman–Crippen MR) is 120 cm³/mol. The number of fused-ring (bicyclic) bond motifs is 1. The maximum absolute atomic E-state index is 13.3. The molecule has 1 amide bonds. The van der Waals surface area contributed by atoms with E-state index in [9.17, 15) is 9.59 Å². The molecule has 4 rings (SSSR count). The van der Waals surface area contributed by atoms with Crippen LogP contribution in [0.2, 0.25) is 0 Å². The smallest absolute Gasteiger partial charge is 0.287 e. The molecule has 1 aromatic heterocycles. The molecule has 0 radical (unpaired) electrons. The van der Waals surface area contributed by atoms with Crippen LogP contribution in [0.15, 0.2) is 34.7 Å². The van der Waals surface area contributed by atoms with Gasteiger partial charge >= 0.3 is 0 Å². The summed E-state index contributed by atoms with van der Waals surface area (Å²) >= 11 is 0. The van der Waals surface area contributed by atoms with E-state index < -0.39 is 0 Å². The van der Waals surface area contributed by atoms with E-state index in [1.54, 1.807) is 0 Å². The molecule has 166 valence electrons. The molecule has 0 saturated carbocycles. The van der Waals surface area contributed by atoms with E-state index in [1.807, 2.05) is 37.3 Å². The van der Waals surface area contributed by atoms with E-state index in [-0.39, 0.29) is 28.9 Å². The lowest BCUT2D eigenvalue weighted by Gasteiger charge is -2.35. The van der Waals surface area contributed by atoms with E-state index in [0.29, 0.717) is 29.7 Å². The average Bonchev–Trinajstić information content (AvgIpc) is 3.05. The number of nitrogens with zero attached hydrogens (tertiary/aromatic N) is 2. The molecule has 31 heavy (non-hydrogen) atoms. The van der Waals surface area contributed by atoms with Crippen molar-refractivity contribution in [3.8, 4) is 0 Å². The van der Waals surface area contributed by atoms with Gasteiger partial charge in [-0.25, -0.2) is 0 Å². The number of nitrogens with one attached hydrogen (secondary N) is 1. The van der Waals surface area contributed by atoms with Gasteiger partial charge < -0.3 is 14.6 Å². The zero-order valence-corrected chi connectivity index (χ0v) is 19.0. The number of furan rings is 1. The van der Waals surface area contributed by atoms with Crippen molar-refractivity contribution < 1.29 is 14.0 Å². The van der Waals surface area contributed by atoms with Crippen molar-refractivity contribution in [1.82, 2.24) is 15.1 Å². The van der Waals surface area contributed by atoms with Gasteiger partial charge in [-0.15, -0.1) is 0 Å². The summed E-state index contributed by atoms with van der Waals surface area (Å²) < 4.78 is 5.99. The highest BCUT2D eigenvalue weighted by atomic mass is 16.4. The largest absolute Gasteiger partial charge is 0.455 e. The molecule has 6 heteroatoms. The second-order valence-electron chi connectivity index (χ2n) is 9.84. The quantitative estimate of drug-likeness (QED) is 0.798. The Morgan fingerprint density at radius 3 is 2.48 bits per heavy atom. The summed E-state index contributed by atoms with van der Waals surface area (Å²) in [6, 6.07) is 9.92. The van der Waals surface area contributed by atoms with Gasteiger partial charge in [0.1, 0.15) is 5.76 Å². The molecular weight excluding hydrogens is 390 g/mol. The number of piperazine rings is 1. The van der Waals surface area contributed by atoms with Crippen molar-refractivity contribution in [2.75, 3.05) is 39.8 Å². The standard InChI is InChI=1S/C25H33N3O3/c1-17-22-20(29)14-25(2,3)15-21(22)31-23(17)24(30)26-19(18-8-6-5-7-9-18)16-28-12-10-27(4)11-13-28/h5-9,19H,10-16H2,1-4H3,(H,26,30). The Labute approximate surface area is 184 Å². The molecular formula is C25H33N3O3. The minimum atomic E-state index is -0.250. The van der Waals surface area contributed by atoms with Crippen molar-refractivity contribution in [2.45, 2.75) is 39.7 Å². The van der Waals surface area contributed by atoms with E-state index in [0.717, 1.165) is 38.3 Å². The molecule has 1 aromatic carbocycles. The molecule has 2 aliphatic rings. The van der Waals surface area contributed by atoms with E-state index in [4.69, 9.17) is 4.42 Å². The van der Waals surface area contributed by atoms with Crippen molar-refractivity contribution in [3.05, 3.63) is 58.5 Å². The zero-order valence-electron chi connectivity index (χ0n) is 19.0. The van der Waals surface area contributed by atoms with Gasteiger partial charge in [0.2, 0.25) is 0 Å². The van der Waals surface area contributed by atoms with Crippen LogP contribution in [-0.4, -0.2) is 61.3 Å². The molecule has 1 N–H and O–H groups in total. The van der Waals surface area contributed by atoms with Gasteiger partial charge in [-0.3, -0.25) is 14.5 Å². The van der Waals surface area contributed by atoms with Crippen LogP contribution in [0.4, 0.5) is 0 Å². The fraction of sp³-hybridized carbons (Fsp3) is 0.520. The molecule has 2 heterocycles. The molecule has 1 unspecified atom stereocenters. The number of carbonyl (C=O) groups excluding carboxylic acids is 2. The highest BCUT2D eigenvalue weighted by molar-refractivity contribution is 6.03. The Bertz CT molecular complexity index is 956. The fourth-order valence-electron chi connectivity index (χ4n) is 4.73. The maximum Gasteiger partial charge on any atom is 0.287 e. The molecule has 2 aromatic rings. The second-order valence-corrected chi connectivity index (χ2v) is 9.84. The van der Waals surface area contributed by atoms with E-state index in [1.165, 1.54) is 0 Å². The van der Waals surface area contributed by atoms with Gasteiger partial charge in [0.05, 0.1) is 11.6 Å². The molecule has 1 atom stereocenters. The summed E-state index contributed by atoms with van der Waals surface area (Å²) in [7, 11) is 2.14. The summed E-state index contributed by atoms with van der Waals surface area (Å²) in [4.78, 5) is 30.7. The van der Waals surface area contributed by atoms with Gasteiger partial charge in [0, 0.05) is 51.1 Å². The van der Waals surface area contributed by atoms with Crippen LogP contribution in [0.25, 0.3) is 0 Å². The van der Waals surface area contributed by atoms with Gasteiger partial charge in [0.25, 0.3) is 5.91 Å². The third kappa shape index (κ3) is 4.75. The molecule has 1 aliphatic carbocycles. The average molecular weight is 424 g/mol. The third-order valence-electron chi connectivity index (χ3n) is 6.53. The normalized spacial score (nSPS) is 20.3. The monoisotopic (exact) mass is 423 g/mol. The van der Waals surface area contributed by atoms with Crippen LogP contribution in [0.5, 0.6) is 0 Å². The number of likely N-dealkylation sites (N-methyl/N-ethyl adjacent to an activating group) is 1. The molecule has 1 saturated heterocycles. The summed E-state index contributed by atoms with van der Waals surface area (Å²) in [5.41, 5.74) is 2.20. The Hall–Kier alpha value is -2.44. The van der Waals surface area contributed by atoms with Crippen LogP contribution in [-0.2, 0) is 6.42 Å². The van der Waals surface area contributed by atoms with Gasteiger partial charge in [0.15, 0.2) is 11.5 Å². The first-order valence-electron chi connectivity index (χ1n) is 11.2. The number of hydrogen-bond acceptors (Lipinski definition) is 5. The first-order valence-corrected chi connectivity index (χ1v) is 11.2. The number of rotatable bonds is 5. The second kappa shape index (κ2) is 8.60. The van der Waals surface area contributed by atoms with E-state index in [2.05, 4.69) is 36.0 Å². The summed E-state index contributed by atoms with van der Waals surface area (Å²) in [5, 5.41) is 3.19. The predicted octanol–water partition coefficient (Wildman–Crippen LogP) is 3.46. The molecule has 6 nitrogen and oxygen atoms in total. The van der Waals surface area contributed by atoms with Crippen molar-refractivity contribution in [1.29, 1.82) is 0 Å². The summed E-state index contributed by atoms with van der Waals surface area (Å²) in [5.74, 6) is 0.749. The zero-order chi connectivity index (χ0) is 22.2. The molecule has 0 spiro atoms. The minimum Gasteiger partial charge on any atom is -0.455 e. The van der Waals surface area contributed by atoms with Crippen LogP contribution in [0.1, 0.15) is 64.1 Å². The van der Waals surface area contributed by atoms with Gasteiger partial charge in [-0.2, -0.15) is 0 Å². The minimum absolute atomic E-state index is 0.0728. The molecule has 1 aliphatic heterocycles. The Kier molecular flexibility index (Phi) is 6.04.